The van der Waals surface area contributed by atoms with Crippen LogP contribution in [0.5, 0.6) is 0 Å². The molecule has 0 aliphatic heterocycles. The lowest BCUT2D eigenvalue weighted by Gasteiger charge is -2.07. The number of para-hydroxylation sites is 1. The second-order valence-electron chi connectivity index (χ2n) is 4.21. The van der Waals surface area contributed by atoms with Gasteiger partial charge >= 0.3 is 0 Å². The number of hydrogen-bond acceptors (Lipinski definition) is 3. The number of nitriles is 1. The summed E-state index contributed by atoms with van der Waals surface area (Å²) in [4.78, 5) is 0. The summed E-state index contributed by atoms with van der Waals surface area (Å²) < 4.78 is 7.50. The summed E-state index contributed by atoms with van der Waals surface area (Å²) in [6.07, 6.45) is 1.70. The maximum Gasteiger partial charge on any atom is 0.141 e. The number of nitrogens with two attached hydrogens (primary N) is 1. The second kappa shape index (κ2) is 5.67. The van der Waals surface area contributed by atoms with Gasteiger partial charge in [0, 0.05) is 30.2 Å². The van der Waals surface area contributed by atoms with Crippen molar-refractivity contribution in [3.8, 4) is 6.07 Å². The number of rotatable bonds is 5. The molecule has 2 aromatic rings. The van der Waals surface area contributed by atoms with Crippen LogP contribution >= 0.6 is 0 Å². The molecule has 1 unspecified atom stereocenters. The Labute approximate surface area is 107 Å². The lowest BCUT2D eigenvalue weighted by Crippen LogP contribution is -2.11. The molecule has 2 rings (SSSR count). The normalized spacial score (nSPS) is 12.5. The molecule has 18 heavy (non-hydrogen) atoms. The Morgan fingerprint density at radius 3 is 2.94 bits per heavy atom. The van der Waals surface area contributed by atoms with Crippen LogP contribution in [0, 0.1) is 11.3 Å². The Kier molecular flexibility index (Phi) is 3.98. The highest BCUT2D eigenvalue weighted by molar-refractivity contribution is 5.83. The van der Waals surface area contributed by atoms with E-state index in [4.69, 9.17) is 15.7 Å². The monoisotopic (exact) mass is 243 g/mol. The van der Waals surface area contributed by atoms with E-state index < -0.39 is 0 Å². The predicted molar refractivity (Wildman–Crippen MR) is 70.9 cm³/mol. The van der Waals surface area contributed by atoms with Crippen LogP contribution in [0.3, 0.4) is 0 Å². The Hall–Kier alpha value is -1.83. The molecule has 0 spiro atoms. The van der Waals surface area contributed by atoms with Gasteiger partial charge in [0.15, 0.2) is 0 Å². The Bertz CT molecular complexity index is 568. The van der Waals surface area contributed by atoms with Crippen molar-refractivity contribution in [3.05, 3.63) is 36.0 Å². The van der Waals surface area contributed by atoms with Crippen LogP contribution in [-0.4, -0.2) is 17.3 Å². The first-order valence-corrected chi connectivity index (χ1v) is 6.04. The van der Waals surface area contributed by atoms with Gasteiger partial charge in [-0.3, -0.25) is 0 Å². The molecule has 0 aliphatic carbocycles. The molecule has 1 atom stereocenters. The summed E-state index contributed by atoms with van der Waals surface area (Å²) >= 11 is 0. The Balaban J connectivity index is 2.16. The molecule has 4 nitrogen and oxygen atoms in total. The van der Waals surface area contributed by atoms with E-state index in [0.29, 0.717) is 13.2 Å². The molecule has 0 fully saturated rings. The number of ether oxygens (including phenoxy) is 1. The highest BCUT2D eigenvalue weighted by Gasteiger charge is 2.07. The van der Waals surface area contributed by atoms with Crippen LogP contribution in [0.15, 0.2) is 30.5 Å². The van der Waals surface area contributed by atoms with Gasteiger partial charge in [-0.2, -0.15) is 5.26 Å². The van der Waals surface area contributed by atoms with Crippen molar-refractivity contribution in [2.24, 2.45) is 5.73 Å². The van der Waals surface area contributed by atoms with Crippen LogP contribution in [0.2, 0.25) is 0 Å². The van der Waals surface area contributed by atoms with Crippen molar-refractivity contribution in [1.29, 1.82) is 5.26 Å². The van der Waals surface area contributed by atoms with Gasteiger partial charge in [0.05, 0.1) is 12.7 Å². The molecule has 1 aromatic carbocycles. The van der Waals surface area contributed by atoms with Gasteiger partial charge in [0.1, 0.15) is 6.10 Å². The Morgan fingerprint density at radius 1 is 1.44 bits per heavy atom. The van der Waals surface area contributed by atoms with Crippen molar-refractivity contribution >= 4 is 10.9 Å². The zero-order valence-corrected chi connectivity index (χ0v) is 10.5. The smallest absolute Gasteiger partial charge is 0.141 e. The van der Waals surface area contributed by atoms with Crippen molar-refractivity contribution in [2.45, 2.75) is 26.1 Å². The number of nitrogens with zero attached hydrogens (tertiary/aromatic N) is 2. The standard InChI is InChI=1S/C14H17N3O/c1-11(8-15)18-7-6-17-10-12(9-16)13-4-2-3-5-14(13)17/h2-5,10-11H,6-7,9,16H2,1H3. The van der Waals surface area contributed by atoms with Crippen molar-refractivity contribution < 1.29 is 4.74 Å². The third-order valence-corrected chi connectivity index (χ3v) is 2.97. The zero-order chi connectivity index (χ0) is 13.0. The van der Waals surface area contributed by atoms with Gasteiger partial charge in [-0.1, -0.05) is 18.2 Å². The van der Waals surface area contributed by atoms with Gasteiger partial charge in [-0.15, -0.1) is 0 Å². The molecule has 0 saturated carbocycles. The molecule has 0 amide bonds. The summed E-state index contributed by atoms with van der Waals surface area (Å²) in [5.41, 5.74) is 8.04. The van der Waals surface area contributed by atoms with Crippen LogP contribution in [0.25, 0.3) is 10.9 Å². The highest BCUT2D eigenvalue weighted by Crippen LogP contribution is 2.20. The van der Waals surface area contributed by atoms with Crippen LogP contribution in [0.1, 0.15) is 12.5 Å². The zero-order valence-electron chi connectivity index (χ0n) is 10.5. The SMILES string of the molecule is CC(C#N)OCCn1cc(CN)c2ccccc21. The molecule has 0 aliphatic rings. The molecule has 0 saturated heterocycles. The van der Waals surface area contributed by atoms with Crippen LogP contribution < -0.4 is 5.73 Å². The van der Waals surface area contributed by atoms with Gasteiger partial charge in [0.25, 0.3) is 0 Å². The molecule has 1 heterocycles. The van der Waals surface area contributed by atoms with E-state index in [1.54, 1.807) is 6.92 Å². The summed E-state index contributed by atoms with van der Waals surface area (Å²) in [5.74, 6) is 0. The number of benzene rings is 1. The first kappa shape index (κ1) is 12.6. The molecule has 0 bridgehead atoms. The van der Waals surface area contributed by atoms with Crippen molar-refractivity contribution in [3.63, 3.8) is 0 Å². The van der Waals surface area contributed by atoms with E-state index in [2.05, 4.69) is 29.0 Å². The average Bonchev–Trinajstić information content (AvgIpc) is 2.77. The van der Waals surface area contributed by atoms with E-state index in [1.807, 2.05) is 12.1 Å². The highest BCUT2D eigenvalue weighted by atomic mass is 16.5. The topological polar surface area (TPSA) is 64.0 Å². The van der Waals surface area contributed by atoms with E-state index in [-0.39, 0.29) is 6.10 Å². The van der Waals surface area contributed by atoms with Crippen LogP contribution in [-0.2, 0) is 17.8 Å². The van der Waals surface area contributed by atoms with E-state index >= 15 is 0 Å². The fraction of sp³-hybridized carbons (Fsp3) is 0.357. The van der Waals surface area contributed by atoms with Crippen molar-refractivity contribution in [1.82, 2.24) is 4.57 Å². The van der Waals surface area contributed by atoms with Crippen LogP contribution in [0.4, 0.5) is 0 Å². The fourth-order valence-corrected chi connectivity index (χ4v) is 2.04. The summed E-state index contributed by atoms with van der Waals surface area (Å²) in [6.45, 7) is 3.53. The molecule has 0 radical (unpaired) electrons. The second-order valence-corrected chi connectivity index (χ2v) is 4.21. The maximum atomic E-state index is 8.65. The number of fused-ring (bicyclic) bond motifs is 1. The molecule has 2 N–H and O–H groups in total. The minimum absolute atomic E-state index is 0.360. The number of hydrogen-bond donors (Lipinski definition) is 1. The Morgan fingerprint density at radius 2 is 2.22 bits per heavy atom. The third-order valence-electron chi connectivity index (χ3n) is 2.97. The van der Waals surface area contributed by atoms with E-state index in [9.17, 15) is 0 Å². The van der Waals surface area contributed by atoms with Gasteiger partial charge in [-0.25, -0.2) is 0 Å². The van der Waals surface area contributed by atoms with Gasteiger partial charge in [-0.05, 0) is 18.6 Å². The summed E-state index contributed by atoms with van der Waals surface area (Å²) in [7, 11) is 0. The molecule has 94 valence electrons. The molecule has 1 aromatic heterocycles. The molecular formula is C14H17N3O. The molecular weight excluding hydrogens is 226 g/mol. The lowest BCUT2D eigenvalue weighted by molar-refractivity contribution is 0.0959. The average molecular weight is 243 g/mol. The molecule has 4 heteroatoms. The largest absolute Gasteiger partial charge is 0.362 e. The minimum Gasteiger partial charge on any atom is -0.362 e. The first-order valence-electron chi connectivity index (χ1n) is 6.04. The quantitative estimate of drug-likeness (QED) is 0.873. The van der Waals surface area contributed by atoms with Gasteiger partial charge in [0.2, 0.25) is 0 Å². The van der Waals surface area contributed by atoms with E-state index in [1.165, 1.54) is 5.39 Å². The fourth-order valence-electron chi connectivity index (χ4n) is 2.04. The summed E-state index contributed by atoms with van der Waals surface area (Å²) in [6, 6.07) is 10.2. The number of aromatic nitrogens is 1. The maximum absolute atomic E-state index is 8.65. The first-order chi connectivity index (χ1) is 8.76. The van der Waals surface area contributed by atoms with E-state index in [0.717, 1.165) is 17.6 Å². The van der Waals surface area contributed by atoms with Gasteiger partial charge < -0.3 is 15.0 Å². The lowest BCUT2D eigenvalue weighted by atomic mass is 10.2. The minimum atomic E-state index is -0.360. The summed E-state index contributed by atoms with van der Waals surface area (Å²) in [5, 5.41) is 9.84. The third kappa shape index (κ3) is 2.53. The van der Waals surface area contributed by atoms with Crippen molar-refractivity contribution in [2.75, 3.05) is 6.61 Å². The predicted octanol–water partition coefficient (Wildman–Crippen LogP) is 2.03.